The van der Waals surface area contributed by atoms with E-state index in [2.05, 4.69) is 10.3 Å². The maximum absolute atomic E-state index is 12.1. The predicted octanol–water partition coefficient (Wildman–Crippen LogP) is -0.326. The zero-order valence-electron chi connectivity index (χ0n) is 13.9. The lowest BCUT2D eigenvalue weighted by molar-refractivity contribution is -0.136. The molecule has 1 aliphatic rings. The fourth-order valence-electron chi connectivity index (χ4n) is 2.52. The molecule has 1 aromatic heterocycles. The van der Waals surface area contributed by atoms with Gasteiger partial charge in [-0.15, -0.1) is 0 Å². The third-order valence-electron chi connectivity index (χ3n) is 3.97. The van der Waals surface area contributed by atoms with Crippen LogP contribution in [0.15, 0.2) is 52.2 Å². The standard InChI is InChI=1S/C17H18N4O5/c22-14-6-7-20(16(24)19-14)10-15(23)21-8-13(9-21)18-17(25)26-11-12-4-2-1-3-5-12/h1-7,13H,8-11H2,(H,18,25)(H,19,22,24). The van der Waals surface area contributed by atoms with E-state index in [1.165, 1.54) is 17.2 Å². The number of nitrogens with zero attached hydrogens (tertiary/aromatic N) is 2. The number of alkyl carbamates (subject to hydrolysis) is 1. The van der Waals surface area contributed by atoms with Crippen LogP contribution in [0, 0.1) is 0 Å². The average Bonchev–Trinajstić information content (AvgIpc) is 2.59. The van der Waals surface area contributed by atoms with E-state index in [1.54, 1.807) is 0 Å². The molecule has 136 valence electrons. The molecule has 2 N–H and O–H groups in total. The van der Waals surface area contributed by atoms with Crippen LogP contribution in [0.2, 0.25) is 0 Å². The molecular formula is C17H18N4O5. The Hall–Kier alpha value is -3.36. The van der Waals surface area contributed by atoms with Gasteiger partial charge in [-0.1, -0.05) is 30.3 Å². The third-order valence-corrected chi connectivity index (χ3v) is 3.97. The van der Waals surface area contributed by atoms with Crippen LogP contribution in [0.25, 0.3) is 0 Å². The second-order valence-corrected chi connectivity index (χ2v) is 5.94. The number of nitrogens with one attached hydrogen (secondary N) is 2. The Kier molecular flexibility index (Phi) is 5.16. The van der Waals surface area contributed by atoms with Gasteiger partial charge in [0.25, 0.3) is 5.56 Å². The molecule has 0 atom stereocenters. The van der Waals surface area contributed by atoms with Crippen molar-refractivity contribution in [1.82, 2.24) is 19.8 Å². The van der Waals surface area contributed by atoms with Crippen molar-refractivity contribution in [2.45, 2.75) is 19.2 Å². The number of rotatable bonds is 5. The number of aromatic amines is 1. The van der Waals surface area contributed by atoms with Crippen molar-refractivity contribution >= 4 is 12.0 Å². The summed E-state index contributed by atoms with van der Waals surface area (Å²) in [6.07, 6.45) is 0.734. The number of likely N-dealkylation sites (tertiary alicyclic amines) is 1. The molecule has 9 heteroatoms. The maximum atomic E-state index is 12.1. The summed E-state index contributed by atoms with van der Waals surface area (Å²) in [5.41, 5.74) is -0.258. The topological polar surface area (TPSA) is 113 Å². The summed E-state index contributed by atoms with van der Waals surface area (Å²) in [7, 11) is 0. The molecule has 2 heterocycles. The molecule has 0 bridgehead atoms. The lowest BCUT2D eigenvalue weighted by Gasteiger charge is -2.39. The monoisotopic (exact) mass is 358 g/mol. The van der Waals surface area contributed by atoms with E-state index in [0.29, 0.717) is 13.1 Å². The first-order valence-electron chi connectivity index (χ1n) is 8.06. The van der Waals surface area contributed by atoms with Gasteiger partial charge in [-0.25, -0.2) is 9.59 Å². The average molecular weight is 358 g/mol. The molecule has 1 aromatic carbocycles. The normalized spacial score (nSPS) is 13.8. The minimum Gasteiger partial charge on any atom is -0.445 e. The van der Waals surface area contributed by atoms with Crippen molar-refractivity contribution in [3.63, 3.8) is 0 Å². The van der Waals surface area contributed by atoms with Gasteiger partial charge in [0.2, 0.25) is 5.91 Å². The Labute approximate surface area is 148 Å². The number of ether oxygens (including phenoxy) is 1. The highest BCUT2D eigenvalue weighted by Gasteiger charge is 2.32. The van der Waals surface area contributed by atoms with Gasteiger partial charge in [-0.05, 0) is 5.56 Å². The van der Waals surface area contributed by atoms with E-state index >= 15 is 0 Å². The summed E-state index contributed by atoms with van der Waals surface area (Å²) in [6.45, 7) is 0.701. The highest BCUT2D eigenvalue weighted by atomic mass is 16.5. The van der Waals surface area contributed by atoms with E-state index in [4.69, 9.17) is 4.74 Å². The molecule has 0 saturated carbocycles. The summed E-state index contributed by atoms with van der Waals surface area (Å²) in [5.74, 6) is -0.269. The lowest BCUT2D eigenvalue weighted by atomic mass is 10.1. The second-order valence-electron chi connectivity index (χ2n) is 5.94. The smallest absolute Gasteiger partial charge is 0.407 e. The zero-order chi connectivity index (χ0) is 18.5. The van der Waals surface area contributed by atoms with Crippen LogP contribution in [0.1, 0.15) is 5.56 Å². The summed E-state index contributed by atoms with van der Waals surface area (Å²) in [5, 5.41) is 2.68. The SMILES string of the molecule is O=C(NC1CN(C(=O)Cn2ccc(=O)[nH]c2=O)C1)OCc1ccccc1. The molecule has 3 rings (SSSR count). The van der Waals surface area contributed by atoms with Gasteiger partial charge in [-0.3, -0.25) is 19.1 Å². The molecule has 9 nitrogen and oxygen atoms in total. The Morgan fingerprint density at radius 1 is 1.15 bits per heavy atom. The molecule has 1 fully saturated rings. The van der Waals surface area contributed by atoms with E-state index in [0.717, 1.165) is 10.1 Å². The Balaban J connectivity index is 1.40. The van der Waals surface area contributed by atoms with E-state index in [9.17, 15) is 19.2 Å². The van der Waals surface area contributed by atoms with Crippen LogP contribution in [0.4, 0.5) is 4.79 Å². The predicted molar refractivity (Wildman–Crippen MR) is 91.5 cm³/mol. The second kappa shape index (κ2) is 7.68. The van der Waals surface area contributed by atoms with E-state index in [1.807, 2.05) is 30.3 Å². The number of carbonyl (C=O) groups is 2. The van der Waals surface area contributed by atoms with Crippen LogP contribution in [-0.4, -0.2) is 45.6 Å². The number of benzene rings is 1. The third kappa shape index (κ3) is 4.38. The largest absolute Gasteiger partial charge is 0.445 e. The molecule has 1 aliphatic heterocycles. The molecule has 26 heavy (non-hydrogen) atoms. The molecule has 0 spiro atoms. The first-order chi connectivity index (χ1) is 12.5. The minimum atomic E-state index is -0.634. The van der Waals surface area contributed by atoms with E-state index in [-0.39, 0.29) is 25.1 Å². The van der Waals surface area contributed by atoms with Crippen LogP contribution in [-0.2, 0) is 22.7 Å². The summed E-state index contributed by atoms with van der Waals surface area (Å²) >= 11 is 0. The summed E-state index contributed by atoms with van der Waals surface area (Å²) in [4.78, 5) is 50.0. The van der Waals surface area contributed by atoms with Gasteiger partial charge in [0.15, 0.2) is 0 Å². The first-order valence-corrected chi connectivity index (χ1v) is 8.06. The molecule has 0 radical (unpaired) electrons. The van der Waals surface area contributed by atoms with Gasteiger partial charge in [0.1, 0.15) is 13.2 Å². The van der Waals surface area contributed by atoms with Gasteiger partial charge in [0, 0.05) is 25.4 Å². The number of carbonyl (C=O) groups excluding carboxylic acids is 2. The Bertz CT molecular complexity index is 899. The van der Waals surface area contributed by atoms with Crippen molar-refractivity contribution in [1.29, 1.82) is 0 Å². The van der Waals surface area contributed by atoms with Crippen LogP contribution < -0.4 is 16.6 Å². The number of amides is 2. The molecule has 0 aliphatic carbocycles. The van der Waals surface area contributed by atoms with Crippen molar-refractivity contribution in [2.75, 3.05) is 13.1 Å². The number of aromatic nitrogens is 2. The molecule has 2 aromatic rings. The molecule has 2 amide bonds. The van der Waals surface area contributed by atoms with Gasteiger partial charge >= 0.3 is 11.8 Å². The van der Waals surface area contributed by atoms with Crippen molar-refractivity contribution in [2.24, 2.45) is 0 Å². The van der Waals surface area contributed by atoms with Crippen LogP contribution >= 0.6 is 0 Å². The van der Waals surface area contributed by atoms with Crippen molar-refractivity contribution in [3.8, 4) is 0 Å². The number of hydrogen-bond acceptors (Lipinski definition) is 5. The summed E-state index contributed by atoms with van der Waals surface area (Å²) in [6, 6.07) is 10.3. The maximum Gasteiger partial charge on any atom is 0.407 e. The van der Waals surface area contributed by atoms with Crippen LogP contribution in [0.3, 0.4) is 0 Å². The van der Waals surface area contributed by atoms with Gasteiger partial charge in [0.05, 0.1) is 6.04 Å². The van der Waals surface area contributed by atoms with Crippen molar-refractivity contribution < 1.29 is 14.3 Å². The Morgan fingerprint density at radius 3 is 2.58 bits per heavy atom. The zero-order valence-corrected chi connectivity index (χ0v) is 13.9. The fourth-order valence-corrected chi connectivity index (χ4v) is 2.52. The van der Waals surface area contributed by atoms with Gasteiger partial charge in [-0.2, -0.15) is 0 Å². The summed E-state index contributed by atoms with van der Waals surface area (Å²) < 4.78 is 6.24. The van der Waals surface area contributed by atoms with E-state index < -0.39 is 17.3 Å². The highest BCUT2D eigenvalue weighted by molar-refractivity contribution is 5.77. The molecular weight excluding hydrogens is 340 g/mol. The number of H-pyrrole nitrogens is 1. The lowest BCUT2D eigenvalue weighted by Crippen LogP contribution is -2.61. The first kappa shape index (κ1) is 17.5. The van der Waals surface area contributed by atoms with Crippen LogP contribution in [0.5, 0.6) is 0 Å². The number of hydrogen-bond donors (Lipinski definition) is 2. The fraction of sp³-hybridized carbons (Fsp3) is 0.294. The Morgan fingerprint density at radius 2 is 1.88 bits per heavy atom. The quantitative estimate of drug-likeness (QED) is 0.760. The highest BCUT2D eigenvalue weighted by Crippen LogP contribution is 2.09. The van der Waals surface area contributed by atoms with Crippen molar-refractivity contribution in [3.05, 3.63) is 69.0 Å². The minimum absolute atomic E-state index is 0.166. The molecule has 0 unspecified atom stereocenters. The van der Waals surface area contributed by atoms with Gasteiger partial charge < -0.3 is 15.0 Å². The molecule has 1 saturated heterocycles.